The van der Waals surface area contributed by atoms with E-state index in [0.29, 0.717) is 12.0 Å². The van der Waals surface area contributed by atoms with Gasteiger partial charge in [0.25, 0.3) is 0 Å². The van der Waals surface area contributed by atoms with Crippen molar-refractivity contribution in [2.24, 2.45) is 17.6 Å². The van der Waals surface area contributed by atoms with E-state index >= 15 is 0 Å². The lowest BCUT2D eigenvalue weighted by Gasteiger charge is -2.18. The van der Waals surface area contributed by atoms with Gasteiger partial charge in [0.1, 0.15) is 5.75 Å². The van der Waals surface area contributed by atoms with E-state index in [4.69, 9.17) is 10.5 Å². The number of aliphatic hydroxyl groups excluding tert-OH is 1. The van der Waals surface area contributed by atoms with Crippen molar-refractivity contribution in [3.63, 3.8) is 0 Å². The van der Waals surface area contributed by atoms with Gasteiger partial charge in [0, 0.05) is 31.2 Å². The molecule has 6 heteroatoms. The molecule has 1 saturated heterocycles. The fourth-order valence-corrected chi connectivity index (χ4v) is 3.58. The third-order valence-electron chi connectivity index (χ3n) is 4.78. The van der Waals surface area contributed by atoms with E-state index in [1.165, 1.54) is 18.4 Å². The Bertz CT molecular complexity index is 524. The van der Waals surface area contributed by atoms with Crippen molar-refractivity contribution in [3.8, 4) is 5.75 Å². The maximum atomic E-state index is 9.57. The lowest BCUT2D eigenvalue weighted by molar-refractivity contribution is 0.225. The van der Waals surface area contributed by atoms with Crippen LogP contribution in [0, 0.1) is 11.8 Å². The van der Waals surface area contributed by atoms with Crippen LogP contribution < -0.4 is 10.5 Å². The zero-order chi connectivity index (χ0) is 15.7. The summed E-state index contributed by atoms with van der Waals surface area (Å²) in [6.45, 7) is 7.02. The van der Waals surface area contributed by atoms with E-state index in [1.54, 1.807) is 0 Å². The van der Waals surface area contributed by atoms with Gasteiger partial charge in [-0.25, -0.2) is 0 Å². The average Bonchev–Trinajstić information content (AvgIpc) is 3.24. The smallest absolute Gasteiger partial charge is 0.125 e. The maximum absolute atomic E-state index is 9.57. The minimum atomic E-state index is 0. The number of ether oxygens (including phenoxy) is 1. The van der Waals surface area contributed by atoms with Gasteiger partial charge in [0.2, 0.25) is 0 Å². The summed E-state index contributed by atoms with van der Waals surface area (Å²) >= 11 is 0. The van der Waals surface area contributed by atoms with Crippen LogP contribution >= 0.6 is 24.8 Å². The molecule has 4 nitrogen and oxygen atoms in total. The molecule has 0 bridgehead atoms. The Morgan fingerprint density at radius 1 is 1.25 bits per heavy atom. The zero-order valence-electron chi connectivity index (χ0n) is 14.5. The number of hydrogen-bond acceptors (Lipinski definition) is 4. The molecule has 0 unspecified atom stereocenters. The standard InChI is InChI=1S/C18H28N2O2.2ClH/c1-12(2)22-18-6-3-13(7-15(18)11-21)8-20-9-16(14-4-5-14)17(19)10-20;;/h3,6-7,12,14,16-17,21H,4-5,8-11,19H2,1-2H3;2*1H/t16-,17+;;/m1../s1. The summed E-state index contributed by atoms with van der Waals surface area (Å²) in [7, 11) is 0. The van der Waals surface area contributed by atoms with Crippen LogP contribution in [-0.2, 0) is 13.2 Å². The summed E-state index contributed by atoms with van der Waals surface area (Å²) in [6, 6.07) is 6.48. The molecular weight excluding hydrogens is 347 g/mol. The van der Waals surface area contributed by atoms with E-state index < -0.39 is 0 Å². The molecule has 1 aliphatic heterocycles. The predicted octanol–water partition coefficient (Wildman–Crippen LogP) is 2.98. The molecule has 2 aliphatic rings. The molecule has 1 aliphatic carbocycles. The minimum Gasteiger partial charge on any atom is -0.491 e. The third kappa shape index (κ3) is 5.24. The van der Waals surface area contributed by atoms with Gasteiger partial charge in [-0.1, -0.05) is 6.07 Å². The highest BCUT2D eigenvalue weighted by molar-refractivity contribution is 5.85. The summed E-state index contributed by atoms with van der Waals surface area (Å²) < 4.78 is 5.74. The van der Waals surface area contributed by atoms with Gasteiger partial charge >= 0.3 is 0 Å². The summed E-state index contributed by atoms with van der Waals surface area (Å²) in [5, 5.41) is 9.57. The highest BCUT2D eigenvalue weighted by atomic mass is 35.5. The van der Waals surface area contributed by atoms with Gasteiger partial charge in [0.05, 0.1) is 12.7 Å². The minimum absolute atomic E-state index is 0. The van der Waals surface area contributed by atoms with Crippen molar-refractivity contribution < 1.29 is 9.84 Å². The largest absolute Gasteiger partial charge is 0.491 e. The number of aliphatic hydroxyl groups is 1. The van der Waals surface area contributed by atoms with Crippen LogP contribution in [0.25, 0.3) is 0 Å². The molecule has 0 radical (unpaired) electrons. The van der Waals surface area contributed by atoms with Crippen LogP contribution in [0.2, 0.25) is 0 Å². The van der Waals surface area contributed by atoms with Gasteiger partial charge in [-0.05, 0) is 56.2 Å². The quantitative estimate of drug-likeness (QED) is 0.800. The van der Waals surface area contributed by atoms with Gasteiger partial charge < -0.3 is 15.6 Å². The molecule has 0 spiro atoms. The molecule has 2 atom stereocenters. The van der Waals surface area contributed by atoms with Crippen LogP contribution in [0.1, 0.15) is 37.8 Å². The number of benzene rings is 1. The first kappa shape index (κ1) is 21.5. The van der Waals surface area contributed by atoms with Crippen LogP contribution in [0.15, 0.2) is 18.2 Å². The SMILES string of the molecule is CC(C)Oc1ccc(CN2C[C@H](C3CC3)[C@@H](N)C2)cc1CO.Cl.Cl. The molecule has 1 aromatic carbocycles. The zero-order valence-corrected chi connectivity index (χ0v) is 16.1. The number of halogens is 2. The number of likely N-dealkylation sites (tertiary alicyclic amines) is 1. The Morgan fingerprint density at radius 3 is 2.54 bits per heavy atom. The molecular formula is C18H30Cl2N2O2. The molecule has 1 saturated carbocycles. The molecule has 1 heterocycles. The molecule has 138 valence electrons. The first-order chi connectivity index (χ1) is 10.6. The van der Waals surface area contributed by atoms with Gasteiger partial charge in [-0.3, -0.25) is 4.90 Å². The Morgan fingerprint density at radius 2 is 1.96 bits per heavy atom. The Labute approximate surface area is 157 Å². The van der Waals surface area contributed by atoms with Crippen molar-refractivity contribution in [1.29, 1.82) is 0 Å². The molecule has 1 aromatic rings. The van der Waals surface area contributed by atoms with Crippen molar-refractivity contribution in [2.45, 2.75) is 52.0 Å². The predicted molar refractivity (Wildman–Crippen MR) is 102 cm³/mol. The third-order valence-corrected chi connectivity index (χ3v) is 4.78. The highest BCUT2D eigenvalue weighted by Gasteiger charge is 2.40. The Hall–Kier alpha value is -0.520. The summed E-state index contributed by atoms with van der Waals surface area (Å²) in [4.78, 5) is 2.45. The number of nitrogens with zero attached hydrogens (tertiary/aromatic N) is 1. The molecule has 2 fully saturated rings. The second-order valence-electron chi connectivity index (χ2n) is 7.13. The summed E-state index contributed by atoms with van der Waals surface area (Å²) in [6.07, 6.45) is 2.84. The average molecular weight is 377 g/mol. The number of nitrogens with two attached hydrogens (primary N) is 1. The van der Waals surface area contributed by atoms with Crippen molar-refractivity contribution in [1.82, 2.24) is 4.90 Å². The fourth-order valence-electron chi connectivity index (χ4n) is 3.58. The van der Waals surface area contributed by atoms with Crippen LogP contribution in [-0.4, -0.2) is 35.2 Å². The molecule has 0 amide bonds. The summed E-state index contributed by atoms with van der Waals surface area (Å²) in [5.74, 6) is 2.34. The molecule has 24 heavy (non-hydrogen) atoms. The van der Waals surface area contributed by atoms with Crippen LogP contribution in [0.5, 0.6) is 5.75 Å². The van der Waals surface area contributed by atoms with E-state index in [-0.39, 0.29) is 37.5 Å². The molecule has 3 rings (SSSR count). The Kier molecular flexibility index (Phi) is 8.30. The number of hydrogen-bond donors (Lipinski definition) is 2. The number of rotatable bonds is 6. The second-order valence-corrected chi connectivity index (χ2v) is 7.13. The van der Waals surface area contributed by atoms with E-state index in [2.05, 4.69) is 17.0 Å². The lowest BCUT2D eigenvalue weighted by Crippen LogP contribution is -2.30. The normalized spacial score (nSPS) is 23.7. The summed E-state index contributed by atoms with van der Waals surface area (Å²) in [5.41, 5.74) is 8.39. The van der Waals surface area contributed by atoms with Gasteiger partial charge in [-0.15, -0.1) is 24.8 Å². The fraction of sp³-hybridized carbons (Fsp3) is 0.667. The van der Waals surface area contributed by atoms with E-state index in [9.17, 15) is 5.11 Å². The van der Waals surface area contributed by atoms with Gasteiger partial charge in [-0.2, -0.15) is 0 Å². The highest BCUT2D eigenvalue weighted by Crippen LogP contribution is 2.41. The first-order valence-corrected chi connectivity index (χ1v) is 8.44. The monoisotopic (exact) mass is 376 g/mol. The second kappa shape index (κ2) is 9.25. The first-order valence-electron chi connectivity index (χ1n) is 8.44. The van der Waals surface area contributed by atoms with Crippen molar-refractivity contribution in [3.05, 3.63) is 29.3 Å². The maximum Gasteiger partial charge on any atom is 0.125 e. The van der Waals surface area contributed by atoms with E-state index in [1.807, 2.05) is 19.9 Å². The van der Waals surface area contributed by atoms with Crippen LogP contribution in [0.4, 0.5) is 0 Å². The van der Waals surface area contributed by atoms with Crippen molar-refractivity contribution in [2.75, 3.05) is 13.1 Å². The van der Waals surface area contributed by atoms with Gasteiger partial charge in [0.15, 0.2) is 0 Å². The lowest BCUT2D eigenvalue weighted by atomic mass is 9.99. The molecule has 3 N–H and O–H groups in total. The van der Waals surface area contributed by atoms with Crippen LogP contribution in [0.3, 0.4) is 0 Å². The van der Waals surface area contributed by atoms with E-state index in [0.717, 1.165) is 36.9 Å². The topological polar surface area (TPSA) is 58.7 Å². The van der Waals surface area contributed by atoms with Crippen molar-refractivity contribution >= 4 is 24.8 Å². The molecule has 0 aromatic heterocycles. The Balaban J connectivity index is 0.00000144.